The van der Waals surface area contributed by atoms with Crippen LogP contribution in [0.25, 0.3) is 0 Å². The van der Waals surface area contributed by atoms with Crippen LogP contribution >= 0.6 is 0 Å². The molecule has 16 heavy (non-hydrogen) atoms. The lowest BCUT2D eigenvalue weighted by molar-refractivity contribution is 0.109. The molecule has 0 bridgehead atoms. The van der Waals surface area contributed by atoms with Gasteiger partial charge in [-0.2, -0.15) is 0 Å². The van der Waals surface area contributed by atoms with E-state index in [9.17, 15) is 0 Å². The van der Waals surface area contributed by atoms with Crippen molar-refractivity contribution in [1.29, 1.82) is 0 Å². The third-order valence-corrected chi connectivity index (χ3v) is 3.78. The van der Waals surface area contributed by atoms with Gasteiger partial charge in [-0.1, -0.05) is 40.0 Å². The standard InChI is InChI=1S/C14H30N2/c1-5-16(12-14(2,3)11-15-4)13-9-7-6-8-10-13/h13,15H,5-12H2,1-4H3. The Bertz CT molecular complexity index is 183. The fourth-order valence-electron chi connectivity index (χ4n) is 3.03. The summed E-state index contributed by atoms with van der Waals surface area (Å²) in [4.78, 5) is 2.70. The fourth-order valence-corrected chi connectivity index (χ4v) is 3.03. The van der Waals surface area contributed by atoms with E-state index in [-0.39, 0.29) is 0 Å². The normalized spacial score (nSPS) is 19.3. The second-order valence-electron chi connectivity index (χ2n) is 6.05. The molecule has 0 unspecified atom stereocenters. The predicted octanol–water partition coefficient (Wildman–Crippen LogP) is 2.89. The maximum absolute atomic E-state index is 3.31. The Morgan fingerprint density at radius 2 is 1.81 bits per heavy atom. The summed E-state index contributed by atoms with van der Waals surface area (Å²) in [6.45, 7) is 10.6. The van der Waals surface area contributed by atoms with E-state index in [1.54, 1.807) is 0 Å². The van der Waals surface area contributed by atoms with E-state index in [0.717, 1.165) is 12.6 Å². The molecule has 1 saturated carbocycles. The van der Waals surface area contributed by atoms with E-state index in [0.29, 0.717) is 5.41 Å². The van der Waals surface area contributed by atoms with Crippen molar-refractivity contribution >= 4 is 0 Å². The topological polar surface area (TPSA) is 15.3 Å². The summed E-state index contributed by atoms with van der Waals surface area (Å²) in [5.41, 5.74) is 0.391. The summed E-state index contributed by atoms with van der Waals surface area (Å²) in [5, 5.41) is 3.31. The van der Waals surface area contributed by atoms with Crippen molar-refractivity contribution in [2.75, 3.05) is 26.7 Å². The first kappa shape index (κ1) is 14.0. The largest absolute Gasteiger partial charge is 0.319 e. The lowest BCUT2D eigenvalue weighted by Gasteiger charge is -2.39. The summed E-state index contributed by atoms with van der Waals surface area (Å²) >= 11 is 0. The number of hydrogen-bond acceptors (Lipinski definition) is 2. The molecule has 0 saturated heterocycles. The van der Waals surface area contributed by atoms with Crippen molar-refractivity contribution in [3.63, 3.8) is 0 Å². The number of nitrogens with zero attached hydrogens (tertiary/aromatic N) is 1. The molecule has 96 valence electrons. The molecule has 1 rings (SSSR count). The first-order chi connectivity index (χ1) is 7.59. The second kappa shape index (κ2) is 6.61. The smallest absolute Gasteiger partial charge is 0.00953 e. The van der Waals surface area contributed by atoms with Crippen LogP contribution < -0.4 is 5.32 Å². The lowest BCUT2D eigenvalue weighted by Crippen LogP contribution is -2.45. The van der Waals surface area contributed by atoms with Crippen LogP contribution in [0, 0.1) is 5.41 Å². The van der Waals surface area contributed by atoms with Gasteiger partial charge in [-0.3, -0.25) is 0 Å². The van der Waals surface area contributed by atoms with Gasteiger partial charge in [-0.05, 0) is 31.8 Å². The van der Waals surface area contributed by atoms with Crippen LogP contribution in [0.1, 0.15) is 52.9 Å². The zero-order valence-corrected chi connectivity index (χ0v) is 11.7. The monoisotopic (exact) mass is 226 g/mol. The van der Waals surface area contributed by atoms with E-state index < -0.39 is 0 Å². The molecule has 0 spiro atoms. The van der Waals surface area contributed by atoms with E-state index >= 15 is 0 Å². The van der Waals surface area contributed by atoms with E-state index in [1.165, 1.54) is 45.2 Å². The Kier molecular flexibility index (Phi) is 5.77. The summed E-state index contributed by atoms with van der Waals surface area (Å²) in [7, 11) is 2.05. The molecule has 0 aromatic carbocycles. The van der Waals surface area contributed by atoms with Gasteiger partial charge in [0.05, 0.1) is 0 Å². The van der Waals surface area contributed by atoms with E-state index in [1.807, 2.05) is 0 Å². The van der Waals surface area contributed by atoms with Gasteiger partial charge in [0, 0.05) is 19.1 Å². The maximum Gasteiger partial charge on any atom is 0.00953 e. The summed E-state index contributed by atoms with van der Waals surface area (Å²) in [6, 6.07) is 0.856. The van der Waals surface area contributed by atoms with E-state index in [2.05, 4.69) is 38.0 Å². The molecule has 0 aliphatic heterocycles. The first-order valence-corrected chi connectivity index (χ1v) is 6.97. The number of nitrogens with one attached hydrogen (secondary N) is 1. The van der Waals surface area contributed by atoms with Crippen LogP contribution in [0.3, 0.4) is 0 Å². The summed E-state index contributed by atoms with van der Waals surface area (Å²) < 4.78 is 0. The fraction of sp³-hybridized carbons (Fsp3) is 1.00. The molecule has 0 atom stereocenters. The van der Waals surface area contributed by atoms with Crippen molar-refractivity contribution in [3.8, 4) is 0 Å². The van der Waals surface area contributed by atoms with Crippen molar-refractivity contribution < 1.29 is 0 Å². The molecule has 1 aliphatic carbocycles. The number of hydrogen-bond donors (Lipinski definition) is 1. The molecule has 1 N–H and O–H groups in total. The van der Waals surface area contributed by atoms with Gasteiger partial charge in [0.1, 0.15) is 0 Å². The summed E-state index contributed by atoms with van der Waals surface area (Å²) in [6.07, 6.45) is 7.17. The quantitative estimate of drug-likeness (QED) is 0.749. The molecule has 1 aliphatic rings. The minimum absolute atomic E-state index is 0.391. The predicted molar refractivity (Wildman–Crippen MR) is 71.8 cm³/mol. The van der Waals surface area contributed by atoms with Crippen LogP contribution in [0.4, 0.5) is 0 Å². The van der Waals surface area contributed by atoms with Gasteiger partial charge in [0.15, 0.2) is 0 Å². The third kappa shape index (κ3) is 4.42. The highest BCUT2D eigenvalue weighted by Crippen LogP contribution is 2.25. The molecule has 2 nitrogen and oxygen atoms in total. The molecule has 0 heterocycles. The SMILES string of the molecule is CCN(CC(C)(C)CNC)C1CCCCC1. The molecule has 0 radical (unpaired) electrons. The minimum atomic E-state index is 0.391. The van der Waals surface area contributed by atoms with Gasteiger partial charge in [-0.15, -0.1) is 0 Å². The van der Waals surface area contributed by atoms with Crippen LogP contribution in [-0.4, -0.2) is 37.6 Å². The Morgan fingerprint density at radius 1 is 1.19 bits per heavy atom. The highest BCUT2D eigenvalue weighted by atomic mass is 15.2. The lowest BCUT2D eigenvalue weighted by atomic mass is 9.89. The Morgan fingerprint density at radius 3 is 2.31 bits per heavy atom. The van der Waals surface area contributed by atoms with Crippen molar-refractivity contribution in [1.82, 2.24) is 10.2 Å². The van der Waals surface area contributed by atoms with Crippen molar-refractivity contribution in [3.05, 3.63) is 0 Å². The molecule has 2 heteroatoms. The maximum atomic E-state index is 3.31. The summed E-state index contributed by atoms with van der Waals surface area (Å²) in [5.74, 6) is 0. The van der Waals surface area contributed by atoms with Gasteiger partial charge < -0.3 is 10.2 Å². The van der Waals surface area contributed by atoms with Crippen molar-refractivity contribution in [2.45, 2.75) is 58.9 Å². The Balaban J connectivity index is 2.46. The molecule has 0 amide bonds. The molecular weight excluding hydrogens is 196 g/mol. The average molecular weight is 226 g/mol. The van der Waals surface area contributed by atoms with Crippen LogP contribution in [0.15, 0.2) is 0 Å². The first-order valence-electron chi connectivity index (χ1n) is 6.97. The van der Waals surface area contributed by atoms with Gasteiger partial charge in [0.25, 0.3) is 0 Å². The molecule has 0 aromatic rings. The molecule has 0 aromatic heterocycles. The van der Waals surface area contributed by atoms with Gasteiger partial charge >= 0.3 is 0 Å². The van der Waals surface area contributed by atoms with Crippen LogP contribution in [0.5, 0.6) is 0 Å². The Hall–Kier alpha value is -0.0800. The van der Waals surface area contributed by atoms with Gasteiger partial charge in [-0.25, -0.2) is 0 Å². The zero-order valence-electron chi connectivity index (χ0n) is 11.7. The molecule has 1 fully saturated rings. The second-order valence-corrected chi connectivity index (χ2v) is 6.05. The minimum Gasteiger partial charge on any atom is -0.319 e. The highest BCUT2D eigenvalue weighted by Gasteiger charge is 2.26. The average Bonchev–Trinajstić information content (AvgIpc) is 2.27. The van der Waals surface area contributed by atoms with Crippen LogP contribution in [0.2, 0.25) is 0 Å². The number of rotatable bonds is 6. The Labute approximate surface area is 102 Å². The van der Waals surface area contributed by atoms with Crippen molar-refractivity contribution in [2.24, 2.45) is 5.41 Å². The van der Waals surface area contributed by atoms with Crippen LogP contribution in [-0.2, 0) is 0 Å². The molecular formula is C14H30N2. The van der Waals surface area contributed by atoms with Gasteiger partial charge in [0.2, 0.25) is 0 Å². The van der Waals surface area contributed by atoms with E-state index in [4.69, 9.17) is 0 Å². The zero-order chi connectivity index (χ0) is 12.0. The highest BCUT2D eigenvalue weighted by molar-refractivity contribution is 4.81. The third-order valence-electron chi connectivity index (χ3n) is 3.78.